The van der Waals surface area contributed by atoms with E-state index in [0.29, 0.717) is 32.9 Å². The molecule has 4 rings (SSSR count). The fourth-order valence-corrected chi connectivity index (χ4v) is 3.64. The first-order chi connectivity index (χ1) is 14.9. The predicted octanol–water partition coefficient (Wildman–Crippen LogP) is 4.98. The van der Waals surface area contributed by atoms with E-state index < -0.39 is 17.6 Å². The number of methoxy groups -OCH3 is 2. The van der Waals surface area contributed by atoms with E-state index in [0.717, 1.165) is 0 Å². The number of nitrogens with zero attached hydrogens (tertiary/aromatic N) is 3. The first-order valence-corrected chi connectivity index (χ1v) is 9.73. The van der Waals surface area contributed by atoms with Gasteiger partial charge >= 0.3 is 5.97 Å². The lowest BCUT2D eigenvalue weighted by Crippen LogP contribution is -2.03. The predicted molar refractivity (Wildman–Crippen MR) is 114 cm³/mol. The zero-order valence-corrected chi connectivity index (χ0v) is 17.9. The SMILES string of the molecule is COC(=O)c1ccc(Nc2nccn3c(-c4ccc(OC)c(F)c4F)cnc23)cc1Br. The van der Waals surface area contributed by atoms with Gasteiger partial charge in [-0.25, -0.2) is 19.2 Å². The van der Waals surface area contributed by atoms with Crippen LogP contribution in [0.2, 0.25) is 0 Å². The van der Waals surface area contributed by atoms with Crippen LogP contribution >= 0.6 is 15.9 Å². The summed E-state index contributed by atoms with van der Waals surface area (Å²) in [7, 11) is 2.57. The number of hydrogen-bond acceptors (Lipinski definition) is 6. The Hall–Kier alpha value is -3.53. The molecule has 2 aromatic heterocycles. The van der Waals surface area contributed by atoms with Crippen molar-refractivity contribution in [2.75, 3.05) is 19.5 Å². The molecule has 0 bridgehead atoms. The van der Waals surface area contributed by atoms with Gasteiger partial charge in [-0.3, -0.25) is 4.40 Å². The number of carbonyl (C=O) groups is 1. The highest BCUT2D eigenvalue weighted by Crippen LogP contribution is 2.32. The van der Waals surface area contributed by atoms with Crippen molar-refractivity contribution in [1.29, 1.82) is 0 Å². The van der Waals surface area contributed by atoms with E-state index in [1.54, 1.807) is 28.8 Å². The van der Waals surface area contributed by atoms with Crippen LogP contribution in [0.15, 0.2) is 53.4 Å². The number of fused-ring (bicyclic) bond motifs is 1. The van der Waals surface area contributed by atoms with Gasteiger partial charge in [0.15, 0.2) is 23.0 Å². The van der Waals surface area contributed by atoms with Crippen molar-refractivity contribution in [3.05, 3.63) is 70.6 Å². The van der Waals surface area contributed by atoms with Crippen LogP contribution in [0.4, 0.5) is 20.3 Å². The average Bonchev–Trinajstić information content (AvgIpc) is 3.20. The molecule has 2 heterocycles. The van der Waals surface area contributed by atoms with Gasteiger partial charge in [-0.1, -0.05) is 0 Å². The summed E-state index contributed by atoms with van der Waals surface area (Å²) in [6.45, 7) is 0. The summed E-state index contributed by atoms with van der Waals surface area (Å²) in [6.07, 6.45) is 4.54. The lowest BCUT2D eigenvalue weighted by Gasteiger charge is -2.10. The molecule has 1 N–H and O–H groups in total. The molecule has 2 aromatic carbocycles. The molecule has 10 heteroatoms. The highest BCUT2D eigenvalue weighted by Gasteiger charge is 2.19. The van der Waals surface area contributed by atoms with E-state index >= 15 is 0 Å². The quantitative estimate of drug-likeness (QED) is 0.399. The fraction of sp³-hybridized carbons (Fsp3) is 0.0952. The molecule has 0 atom stereocenters. The third-order valence-electron chi connectivity index (χ3n) is 4.61. The summed E-state index contributed by atoms with van der Waals surface area (Å²) in [5, 5.41) is 3.12. The summed E-state index contributed by atoms with van der Waals surface area (Å²) in [4.78, 5) is 20.4. The Bertz CT molecular complexity index is 1310. The monoisotopic (exact) mass is 488 g/mol. The maximum Gasteiger partial charge on any atom is 0.339 e. The lowest BCUT2D eigenvalue weighted by molar-refractivity contribution is 0.0599. The molecule has 0 unspecified atom stereocenters. The number of esters is 1. The molecule has 0 fully saturated rings. The minimum absolute atomic E-state index is 0.0353. The van der Waals surface area contributed by atoms with Crippen LogP contribution in [0, 0.1) is 11.6 Å². The Morgan fingerprint density at radius 3 is 2.65 bits per heavy atom. The number of imidazole rings is 1. The molecular formula is C21H15BrF2N4O3. The second-order valence-corrected chi connectivity index (χ2v) is 7.22. The standard InChI is InChI=1S/C21H15BrF2N4O3/c1-30-16-6-5-13(17(23)18(16)24)15-10-26-20-19(25-7-8-28(15)20)27-11-3-4-12(14(22)9-11)21(29)31-2/h3-10H,1-2H3,(H,25,27). The Balaban J connectivity index is 1.73. The number of carbonyl (C=O) groups excluding carboxylic acids is 1. The molecule has 0 spiro atoms. The van der Waals surface area contributed by atoms with Gasteiger partial charge in [0, 0.05) is 28.1 Å². The van der Waals surface area contributed by atoms with Gasteiger partial charge in [-0.15, -0.1) is 0 Å². The van der Waals surface area contributed by atoms with Crippen molar-refractivity contribution in [2.45, 2.75) is 0 Å². The summed E-state index contributed by atoms with van der Waals surface area (Å²) in [5.41, 5.74) is 1.79. The van der Waals surface area contributed by atoms with Gasteiger partial charge in [0.25, 0.3) is 0 Å². The van der Waals surface area contributed by atoms with Crippen molar-refractivity contribution in [2.24, 2.45) is 0 Å². The van der Waals surface area contributed by atoms with E-state index in [1.807, 2.05) is 0 Å². The Kier molecular flexibility index (Phi) is 5.55. The molecule has 0 aliphatic carbocycles. The number of benzene rings is 2. The largest absolute Gasteiger partial charge is 0.494 e. The van der Waals surface area contributed by atoms with Crippen molar-refractivity contribution < 1.29 is 23.0 Å². The average molecular weight is 489 g/mol. The van der Waals surface area contributed by atoms with Crippen LogP contribution in [-0.4, -0.2) is 34.6 Å². The zero-order valence-electron chi connectivity index (χ0n) is 16.3. The van der Waals surface area contributed by atoms with Gasteiger partial charge in [-0.05, 0) is 46.3 Å². The van der Waals surface area contributed by atoms with E-state index in [9.17, 15) is 13.6 Å². The van der Waals surface area contributed by atoms with Crippen LogP contribution in [0.1, 0.15) is 10.4 Å². The van der Waals surface area contributed by atoms with E-state index in [1.165, 1.54) is 38.7 Å². The summed E-state index contributed by atoms with van der Waals surface area (Å²) < 4.78 is 40.5. The van der Waals surface area contributed by atoms with Gasteiger partial charge in [0.2, 0.25) is 5.82 Å². The maximum atomic E-state index is 14.6. The number of nitrogens with one attached hydrogen (secondary N) is 1. The number of anilines is 2. The molecule has 0 aliphatic heterocycles. The van der Waals surface area contributed by atoms with Crippen LogP contribution in [0.5, 0.6) is 5.75 Å². The number of aromatic nitrogens is 3. The van der Waals surface area contributed by atoms with Gasteiger partial charge < -0.3 is 14.8 Å². The summed E-state index contributed by atoms with van der Waals surface area (Å²) >= 11 is 3.34. The number of hydrogen-bond donors (Lipinski definition) is 1. The minimum Gasteiger partial charge on any atom is -0.494 e. The molecular weight excluding hydrogens is 474 g/mol. The molecule has 7 nitrogen and oxygen atoms in total. The van der Waals surface area contributed by atoms with Crippen molar-refractivity contribution >= 4 is 39.1 Å². The molecule has 0 saturated carbocycles. The van der Waals surface area contributed by atoms with Gasteiger partial charge in [-0.2, -0.15) is 4.39 Å². The fourth-order valence-electron chi connectivity index (χ4n) is 3.10. The third kappa shape index (κ3) is 3.70. The number of ether oxygens (including phenoxy) is 2. The third-order valence-corrected chi connectivity index (χ3v) is 5.26. The first kappa shape index (κ1) is 20.7. The molecule has 0 amide bonds. The maximum absolute atomic E-state index is 14.6. The summed E-state index contributed by atoms with van der Waals surface area (Å²) in [5.74, 6) is -2.36. The minimum atomic E-state index is -1.07. The Morgan fingerprint density at radius 2 is 1.94 bits per heavy atom. The molecule has 0 radical (unpaired) electrons. The molecule has 0 aliphatic rings. The number of halogens is 3. The topological polar surface area (TPSA) is 77.8 Å². The number of rotatable bonds is 5. The van der Waals surface area contributed by atoms with Gasteiger partial charge in [0.05, 0.1) is 31.7 Å². The Labute approximate surface area is 183 Å². The van der Waals surface area contributed by atoms with Crippen LogP contribution < -0.4 is 10.1 Å². The second-order valence-electron chi connectivity index (χ2n) is 6.37. The van der Waals surface area contributed by atoms with Crippen molar-refractivity contribution in [3.8, 4) is 17.0 Å². The molecule has 0 saturated heterocycles. The summed E-state index contributed by atoms with van der Waals surface area (Å²) in [6, 6.07) is 7.76. The van der Waals surface area contributed by atoms with E-state index in [4.69, 9.17) is 9.47 Å². The van der Waals surface area contributed by atoms with Crippen LogP contribution in [-0.2, 0) is 4.74 Å². The molecule has 158 valence electrons. The van der Waals surface area contributed by atoms with Gasteiger partial charge in [0.1, 0.15) is 0 Å². The highest BCUT2D eigenvalue weighted by atomic mass is 79.9. The van der Waals surface area contributed by atoms with E-state index in [-0.39, 0.29) is 11.3 Å². The van der Waals surface area contributed by atoms with Crippen molar-refractivity contribution in [1.82, 2.24) is 14.4 Å². The van der Waals surface area contributed by atoms with Crippen LogP contribution in [0.3, 0.4) is 0 Å². The smallest absolute Gasteiger partial charge is 0.339 e. The normalized spacial score (nSPS) is 10.9. The molecule has 31 heavy (non-hydrogen) atoms. The van der Waals surface area contributed by atoms with E-state index in [2.05, 4.69) is 31.2 Å². The van der Waals surface area contributed by atoms with Crippen LogP contribution in [0.25, 0.3) is 16.9 Å². The first-order valence-electron chi connectivity index (χ1n) is 8.94. The van der Waals surface area contributed by atoms with Crippen molar-refractivity contribution in [3.63, 3.8) is 0 Å². The molecule has 4 aromatic rings. The zero-order chi connectivity index (χ0) is 22.1. The highest BCUT2D eigenvalue weighted by molar-refractivity contribution is 9.10. The lowest BCUT2D eigenvalue weighted by atomic mass is 10.1. The second kappa shape index (κ2) is 8.31. The Morgan fingerprint density at radius 1 is 1.13 bits per heavy atom.